The van der Waals surface area contributed by atoms with E-state index in [1.807, 2.05) is 99.6 Å². The third kappa shape index (κ3) is 5.24. The van der Waals surface area contributed by atoms with Gasteiger partial charge >= 0.3 is 5.97 Å². The molecule has 170 valence electrons. The second kappa shape index (κ2) is 9.75. The van der Waals surface area contributed by atoms with E-state index in [0.29, 0.717) is 5.75 Å². The van der Waals surface area contributed by atoms with Gasteiger partial charge in [-0.15, -0.1) is 0 Å². The molecule has 34 heavy (non-hydrogen) atoms. The largest absolute Gasteiger partial charge is 0.423 e. The van der Waals surface area contributed by atoms with Gasteiger partial charge in [-0.25, -0.2) is 4.79 Å². The molecule has 0 radical (unpaired) electrons. The number of carbonyl (C=O) groups excluding carboxylic acids is 2. The van der Waals surface area contributed by atoms with E-state index in [9.17, 15) is 9.59 Å². The van der Waals surface area contributed by atoms with Crippen LogP contribution in [0.4, 0.5) is 5.69 Å². The molecule has 1 aliphatic heterocycles. The lowest BCUT2D eigenvalue weighted by atomic mass is 9.88. The number of carbonyl (C=O) groups is 2. The zero-order valence-electron chi connectivity index (χ0n) is 19.6. The molecule has 0 N–H and O–H groups in total. The van der Waals surface area contributed by atoms with Gasteiger partial charge < -0.3 is 4.74 Å². The Morgan fingerprint density at radius 3 is 2.03 bits per heavy atom. The molecule has 0 aromatic heterocycles. The molecule has 0 spiro atoms. The van der Waals surface area contributed by atoms with Crippen LogP contribution in [0.5, 0.6) is 5.75 Å². The molecule has 1 aliphatic rings. The zero-order valence-corrected chi connectivity index (χ0v) is 19.6. The number of amides is 1. The van der Waals surface area contributed by atoms with Crippen LogP contribution >= 0.6 is 0 Å². The van der Waals surface area contributed by atoms with Gasteiger partial charge in [0, 0.05) is 17.7 Å². The molecular weight excluding hydrogens is 422 g/mol. The van der Waals surface area contributed by atoms with Crippen molar-refractivity contribution in [1.29, 1.82) is 0 Å². The smallest absolute Gasteiger partial charge is 0.336 e. The van der Waals surface area contributed by atoms with Crippen LogP contribution in [0.15, 0.2) is 97.1 Å². The lowest BCUT2D eigenvalue weighted by Crippen LogP contribution is -2.48. The highest BCUT2D eigenvalue weighted by atomic mass is 16.5. The van der Waals surface area contributed by atoms with E-state index in [4.69, 9.17) is 4.74 Å². The summed E-state index contributed by atoms with van der Waals surface area (Å²) in [4.78, 5) is 27.4. The summed E-state index contributed by atoms with van der Waals surface area (Å²) in [6.07, 6.45) is 8.60. The number of allylic oxidation sites excluding steroid dienone is 1. The molecule has 0 fully saturated rings. The minimum atomic E-state index is -0.508. The van der Waals surface area contributed by atoms with E-state index in [-0.39, 0.29) is 5.91 Å². The third-order valence-corrected chi connectivity index (χ3v) is 5.65. The molecular formula is C30H27NO3. The number of fused-ring (bicyclic) bond motifs is 1. The van der Waals surface area contributed by atoms with Crippen molar-refractivity contribution in [1.82, 2.24) is 0 Å². The average molecular weight is 450 g/mol. The molecule has 0 unspecified atom stereocenters. The van der Waals surface area contributed by atoms with E-state index < -0.39 is 11.5 Å². The van der Waals surface area contributed by atoms with Gasteiger partial charge in [-0.2, -0.15) is 0 Å². The quantitative estimate of drug-likeness (QED) is 0.252. The van der Waals surface area contributed by atoms with Gasteiger partial charge in [0.1, 0.15) is 5.75 Å². The molecule has 3 aromatic carbocycles. The number of rotatable bonds is 5. The molecule has 1 amide bonds. The highest BCUT2D eigenvalue weighted by molar-refractivity contribution is 6.08. The van der Waals surface area contributed by atoms with Crippen LogP contribution in [0.2, 0.25) is 0 Å². The number of hydrogen-bond acceptors (Lipinski definition) is 3. The second-order valence-corrected chi connectivity index (χ2v) is 8.74. The fourth-order valence-corrected chi connectivity index (χ4v) is 4.16. The first-order valence-electron chi connectivity index (χ1n) is 11.2. The summed E-state index contributed by atoms with van der Waals surface area (Å²) in [6, 6.07) is 24.7. The Hall–Kier alpha value is -4.18. The van der Waals surface area contributed by atoms with Crippen molar-refractivity contribution in [3.8, 4) is 5.75 Å². The Bertz CT molecular complexity index is 1290. The van der Waals surface area contributed by atoms with Crippen LogP contribution in [0.1, 0.15) is 37.5 Å². The Kier molecular flexibility index (Phi) is 6.60. The summed E-state index contributed by atoms with van der Waals surface area (Å²) in [6.45, 7) is 6.02. The Morgan fingerprint density at radius 2 is 1.41 bits per heavy atom. The maximum absolute atomic E-state index is 13.3. The molecule has 4 rings (SSSR count). The SMILES string of the molecule is CC1=CC(C)(C)N(C(=O)/C=C/c2ccccc2)c2ccc(OC(=O)/C=C/c3ccccc3)cc21. The predicted octanol–water partition coefficient (Wildman–Crippen LogP) is 6.55. The van der Waals surface area contributed by atoms with Crippen molar-refractivity contribution in [3.63, 3.8) is 0 Å². The Balaban J connectivity index is 1.57. The molecule has 4 nitrogen and oxygen atoms in total. The van der Waals surface area contributed by atoms with E-state index in [1.54, 1.807) is 23.1 Å². The second-order valence-electron chi connectivity index (χ2n) is 8.74. The highest BCUT2D eigenvalue weighted by Gasteiger charge is 2.35. The van der Waals surface area contributed by atoms with Crippen molar-refractivity contribution < 1.29 is 14.3 Å². The van der Waals surface area contributed by atoms with Gasteiger partial charge in [0.15, 0.2) is 0 Å². The van der Waals surface area contributed by atoms with Gasteiger partial charge in [-0.05, 0) is 67.8 Å². The minimum Gasteiger partial charge on any atom is -0.423 e. The number of nitrogens with zero attached hydrogens (tertiary/aromatic N) is 1. The zero-order chi connectivity index (χ0) is 24.1. The summed E-state index contributed by atoms with van der Waals surface area (Å²) in [5, 5.41) is 0. The van der Waals surface area contributed by atoms with Crippen LogP contribution in [0.3, 0.4) is 0 Å². The number of hydrogen-bond donors (Lipinski definition) is 0. The highest BCUT2D eigenvalue weighted by Crippen LogP contribution is 2.40. The number of esters is 1. The summed E-state index contributed by atoms with van der Waals surface area (Å²) < 4.78 is 5.53. The molecule has 0 bridgehead atoms. The van der Waals surface area contributed by atoms with Crippen molar-refractivity contribution in [2.24, 2.45) is 0 Å². The first kappa shape index (κ1) is 23.0. The fourth-order valence-electron chi connectivity index (χ4n) is 4.16. The van der Waals surface area contributed by atoms with Gasteiger partial charge in [0.25, 0.3) is 5.91 Å². The van der Waals surface area contributed by atoms with Crippen LogP contribution in [-0.2, 0) is 9.59 Å². The molecule has 0 atom stereocenters. The van der Waals surface area contributed by atoms with Crippen LogP contribution in [0.25, 0.3) is 17.7 Å². The van der Waals surface area contributed by atoms with Crippen LogP contribution < -0.4 is 9.64 Å². The lowest BCUT2D eigenvalue weighted by molar-refractivity contribution is -0.128. The predicted molar refractivity (Wildman–Crippen MR) is 138 cm³/mol. The van der Waals surface area contributed by atoms with Crippen molar-refractivity contribution in [3.05, 3.63) is 114 Å². The first-order valence-corrected chi connectivity index (χ1v) is 11.2. The number of anilines is 1. The summed E-state index contributed by atoms with van der Waals surface area (Å²) in [7, 11) is 0. The van der Waals surface area contributed by atoms with Crippen molar-refractivity contribution in [2.45, 2.75) is 26.3 Å². The van der Waals surface area contributed by atoms with Crippen LogP contribution in [-0.4, -0.2) is 17.4 Å². The van der Waals surface area contributed by atoms with E-state index in [1.165, 1.54) is 6.08 Å². The summed E-state index contributed by atoms with van der Waals surface area (Å²) in [5.74, 6) is -0.143. The topological polar surface area (TPSA) is 46.6 Å². The average Bonchev–Trinajstić information content (AvgIpc) is 2.82. The fraction of sp³-hybridized carbons (Fsp3) is 0.133. The van der Waals surface area contributed by atoms with Gasteiger partial charge in [-0.3, -0.25) is 9.69 Å². The molecule has 3 aromatic rings. The van der Waals surface area contributed by atoms with E-state index in [0.717, 1.165) is 28.0 Å². The van der Waals surface area contributed by atoms with Gasteiger partial charge in [0.2, 0.25) is 0 Å². The molecule has 0 aliphatic carbocycles. The lowest BCUT2D eigenvalue weighted by Gasteiger charge is -2.41. The van der Waals surface area contributed by atoms with Gasteiger partial charge in [-0.1, -0.05) is 66.7 Å². The van der Waals surface area contributed by atoms with Crippen LogP contribution in [0, 0.1) is 0 Å². The summed E-state index contributed by atoms with van der Waals surface area (Å²) in [5.41, 5.74) is 4.04. The molecule has 0 saturated heterocycles. The van der Waals surface area contributed by atoms with Crippen molar-refractivity contribution in [2.75, 3.05) is 4.90 Å². The molecule has 0 saturated carbocycles. The Labute approximate surface area is 200 Å². The monoisotopic (exact) mass is 449 g/mol. The van der Waals surface area contributed by atoms with E-state index >= 15 is 0 Å². The Morgan fingerprint density at radius 1 is 0.824 bits per heavy atom. The first-order chi connectivity index (χ1) is 16.3. The number of benzene rings is 3. The van der Waals surface area contributed by atoms with Gasteiger partial charge in [0.05, 0.1) is 11.2 Å². The third-order valence-electron chi connectivity index (χ3n) is 5.65. The standard InChI is InChI=1S/C30H27NO3/c1-22-21-30(2,3)31(28(32)18-14-23-10-6-4-7-11-23)27-17-16-25(20-26(22)27)34-29(33)19-15-24-12-8-5-9-13-24/h4-21H,1-3H3/b18-14+,19-15+. The molecule has 1 heterocycles. The molecule has 4 heteroatoms. The summed E-state index contributed by atoms with van der Waals surface area (Å²) >= 11 is 0. The maximum Gasteiger partial charge on any atom is 0.336 e. The maximum atomic E-state index is 13.3. The number of ether oxygens (including phenoxy) is 1. The minimum absolute atomic E-state index is 0.116. The van der Waals surface area contributed by atoms with E-state index in [2.05, 4.69) is 6.08 Å². The normalized spacial score (nSPS) is 14.7. The van der Waals surface area contributed by atoms with Crippen molar-refractivity contribution >= 4 is 35.3 Å².